The number of likely N-dealkylation sites (tertiary alicyclic amines) is 1. The molecule has 2 unspecified atom stereocenters. The Morgan fingerprint density at radius 2 is 2.06 bits per heavy atom. The van der Waals surface area contributed by atoms with Crippen molar-refractivity contribution >= 4 is 23.0 Å². The van der Waals surface area contributed by atoms with Gasteiger partial charge in [-0.15, -0.1) is 5.10 Å². The molecule has 3 aromatic heterocycles. The molecule has 5 rings (SSSR count). The van der Waals surface area contributed by atoms with E-state index in [1.54, 1.807) is 12.4 Å². The van der Waals surface area contributed by atoms with Gasteiger partial charge in [-0.3, -0.25) is 4.79 Å². The van der Waals surface area contributed by atoms with Gasteiger partial charge in [-0.2, -0.15) is 4.98 Å². The van der Waals surface area contributed by atoms with Crippen LogP contribution in [0.25, 0.3) is 16.9 Å². The molecule has 9 nitrogen and oxygen atoms in total. The third kappa shape index (κ3) is 3.63. The van der Waals surface area contributed by atoms with E-state index in [0.29, 0.717) is 23.9 Å². The molecule has 4 heterocycles. The summed E-state index contributed by atoms with van der Waals surface area (Å²) in [5.41, 5.74) is 2.86. The molecule has 0 spiro atoms. The number of piperidine rings is 1. The number of hydrogen-bond donors (Lipinski definition) is 1. The van der Waals surface area contributed by atoms with Crippen LogP contribution in [0.15, 0.2) is 53.2 Å². The normalized spacial score (nSPS) is 19.0. The van der Waals surface area contributed by atoms with Crippen LogP contribution in [0.1, 0.15) is 35.8 Å². The van der Waals surface area contributed by atoms with E-state index in [9.17, 15) is 4.79 Å². The molecule has 1 aliphatic rings. The highest BCUT2D eigenvalue weighted by atomic mass is 16.4. The Labute approximate surface area is 179 Å². The third-order valence-electron chi connectivity index (χ3n) is 5.74. The molecule has 1 aliphatic heterocycles. The number of nitrogens with zero attached hydrogens (tertiary/aromatic N) is 6. The molecule has 1 aromatic carbocycles. The summed E-state index contributed by atoms with van der Waals surface area (Å²) in [5, 5.41) is 11.3. The predicted molar refractivity (Wildman–Crippen MR) is 115 cm³/mol. The van der Waals surface area contributed by atoms with Crippen molar-refractivity contribution in [3.05, 3.63) is 60.0 Å². The second kappa shape index (κ2) is 7.82. The number of aryl methyl sites for hydroxylation is 1. The highest BCUT2D eigenvalue weighted by Crippen LogP contribution is 2.26. The molecule has 0 bridgehead atoms. The number of oxazole rings is 1. The molecule has 1 N–H and O–H groups in total. The quantitative estimate of drug-likeness (QED) is 0.544. The standard InChI is InChI=1S/C22H23N7O2/c1-14-9-10-16(20(24-14)29-13-11-23-27-29)21(30)28-12-5-7-17(15(28)2)25-22-26-18-6-3-4-8-19(18)31-22/h3-4,6,8-11,13,15,17H,5,7,12H2,1-2H3,(H,25,26). The number of amides is 1. The first-order valence-electron chi connectivity index (χ1n) is 10.4. The summed E-state index contributed by atoms with van der Waals surface area (Å²) in [7, 11) is 0. The summed E-state index contributed by atoms with van der Waals surface area (Å²) >= 11 is 0. The van der Waals surface area contributed by atoms with E-state index in [-0.39, 0.29) is 18.0 Å². The van der Waals surface area contributed by atoms with Crippen molar-refractivity contribution in [2.75, 3.05) is 11.9 Å². The summed E-state index contributed by atoms with van der Waals surface area (Å²) in [6.07, 6.45) is 5.07. The zero-order valence-corrected chi connectivity index (χ0v) is 17.4. The van der Waals surface area contributed by atoms with Crippen molar-refractivity contribution in [3.8, 4) is 5.82 Å². The first-order chi connectivity index (χ1) is 15.1. The van der Waals surface area contributed by atoms with Crippen molar-refractivity contribution in [1.82, 2.24) is 29.9 Å². The smallest absolute Gasteiger partial charge is 0.295 e. The number of hydrogen-bond acceptors (Lipinski definition) is 7. The summed E-state index contributed by atoms with van der Waals surface area (Å²) in [6, 6.07) is 11.8. The van der Waals surface area contributed by atoms with Gasteiger partial charge in [0.05, 0.1) is 24.0 Å². The van der Waals surface area contributed by atoms with Crippen LogP contribution < -0.4 is 5.32 Å². The molecule has 158 valence electrons. The lowest BCUT2D eigenvalue weighted by Crippen LogP contribution is -2.52. The number of pyridine rings is 1. The fourth-order valence-electron chi connectivity index (χ4n) is 4.08. The molecule has 0 radical (unpaired) electrons. The summed E-state index contributed by atoms with van der Waals surface area (Å²) in [6.45, 7) is 4.61. The SMILES string of the molecule is Cc1ccc(C(=O)N2CCCC(Nc3nc4ccccc4o3)C2C)c(-n2ccnn2)n1. The lowest BCUT2D eigenvalue weighted by atomic mass is 9.96. The Bertz CT molecular complexity index is 1180. The fraction of sp³-hybridized carbons (Fsp3) is 0.318. The minimum absolute atomic E-state index is 0.0268. The monoisotopic (exact) mass is 417 g/mol. The average Bonchev–Trinajstić information content (AvgIpc) is 3.44. The van der Waals surface area contributed by atoms with Gasteiger partial charge in [-0.05, 0) is 51.0 Å². The molecule has 1 amide bonds. The first-order valence-corrected chi connectivity index (χ1v) is 10.4. The molecule has 0 saturated carbocycles. The summed E-state index contributed by atoms with van der Waals surface area (Å²) < 4.78 is 7.36. The van der Waals surface area contributed by atoms with Crippen LogP contribution >= 0.6 is 0 Å². The number of carbonyl (C=O) groups is 1. The van der Waals surface area contributed by atoms with Crippen molar-refractivity contribution in [2.24, 2.45) is 0 Å². The molecule has 1 saturated heterocycles. The molecule has 2 atom stereocenters. The highest BCUT2D eigenvalue weighted by Gasteiger charge is 2.33. The topological polar surface area (TPSA) is 102 Å². The molecule has 1 fully saturated rings. The van der Waals surface area contributed by atoms with Crippen LogP contribution in [-0.2, 0) is 0 Å². The largest absolute Gasteiger partial charge is 0.424 e. The molecule has 0 aliphatic carbocycles. The summed E-state index contributed by atoms with van der Waals surface area (Å²) in [4.78, 5) is 24.5. The third-order valence-corrected chi connectivity index (χ3v) is 5.74. The second-order valence-corrected chi connectivity index (χ2v) is 7.79. The number of fused-ring (bicyclic) bond motifs is 1. The van der Waals surface area contributed by atoms with E-state index < -0.39 is 0 Å². The Kier molecular flexibility index (Phi) is 4.85. The van der Waals surface area contributed by atoms with Gasteiger partial charge in [0.15, 0.2) is 11.4 Å². The van der Waals surface area contributed by atoms with E-state index >= 15 is 0 Å². The Morgan fingerprint density at radius 3 is 2.87 bits per heavy atom. The fourth-order valence-corrected chi connectivity index (χ4v) is 4.08. The van der Waals surface area contributed by atoms with E-state index in [4.69, 9.17) is 4.42 Å². The first kappa shape index (κ1) is 19.2. The van der Waals surface area contributed by atoms with Gasteiger partial charge in [0.25, 0.3) is 11.9 Å². The van der Waals surface area contributed by atoms with Crippen LogP contribution in [0, 0.1) is 6.92 Å². The van der Waals surface area contributed by atoms with Crippen molar-refractivity contribution in [3.63, 3.8) is 0 Å². The molecule has 4 aromatic rings. The minimum Gasteiger partial charge on any atom is -0.424 e. The lowest BCUT2D eigenvalue weighted by Gasteiger charge is -2.39. The average molecular weight is 417 g/mol. The number of nitrogens with one attached hydrogen (secondary N) is 1. The van der Waals surface area contributed by atoms with Crippen molar-refractivity contribution < 1.29 is 9.21 Å². The number of carbonyl (C=O) groups excluding carboxylic acids is 1. The maximum Gasteiger partial charge on any atom is 0.295 e. The number of aromatic nitrogens is 5. The van der Waals surface area contributed by atoms with E-state index in [0.717, 1.165) is 29.6 Å². The van der Waals surface area contributed by atoms with Crippen LogP contribution in [0.3, 0.4) is 0 Å². The lowest BCUT2D eigenvalue weighted by molar-refractivity contribution is 0.0615. The van der Waals surface area contributed by atoms with Gasteiger partial charge in [-0.1, -0.05) is 17.3 Å². The number of para-hydroxylation sites is 2. The molecule has 31 heavy (non-hydrogen) atoms. The zero-order valence-electron chi connectivity index (χ0n) is 17.4. The van der Waals surface area contributed by atoms with Crippen LogP contribution in [0.2, 0.25) is 0 Å². The zero-order chi connectivity index (χ0) is 21.4. The second-order valence-electron chi connectivity index (χ2n) is 7.79. The van der Waals surface area contributed by atoms with Gasteiger partial charge in [0, 0.05) is 18.3 Å². The number of anilines is 1. The van der Waals surface area contributed by atoms with E-state index in [2.05, 4.69) is 25.6 Å². The van der Waals surface area contributed by atoms with Gasteiger partial charge < -0.3 is 14.6 Å². The van der Waals surface area contributed by atoms with E-state index in [1.807, 2.05) is 55.1 Å². The highest BCUT2D eigenvalue weighted by molar-refractivity contribution is 5.97. The van der Waals surface area contributed by atoms with E-state index in [1.165, 1.54) is 4.68 Å². The minimum atomic E-state index is -0.0745. The van der Waals surface area contributed by atoms with Crippen LogP contribution in [0.5, 0.6) is 0 Å². The predicted octanol–water partition coefficient (Wildman–Crippen LogP) is 3.22. The summed E-state index contributed by atoms with van der Waals surface area (Å²) in [5.74, 6) is 0.415. The van der Waals surface area contributed by atoms with Crippen LogP contribution in [-0.4, -0.2) is 54.4 Å². The van der Waals surface area contributed by atoms with Gasteiger partial charge >= 0.3 is 0 Å². The van der Waals surface area contributed by atoms with Gasteiger partial charge in [0.1, 0.15) is 5.52 Å². The van der Waals surface area contributed by atoms with Crippen molar-refractivity contribution in [2.45, 2.75) is 38.8 Å². The van der Waals surface area contributed by atoms with Crippen molar-refractivity contribution in [1.29, 1.82) is 0 Å². The van der Waals surface area contributed by atoms with Gasteiger partial charge in [0.2, 0.25) is 0 Å². The Morgan fingerprint density at radius 1 is 1.19 bits per heavy atom. The molecular weight excluding hydrogens is 394 g/mol. The Hall–Kier alpha value is -3.75. The maximum absolute atomic E-state index is 13.5. The van der Waals surface area contributed by atoms with Crippen LogP contribution in [0.4, 0.5) is 6.01 Å². The molecule has 9 heteroatoms. The maximum atomic E-state index is 13.5. The Balaban J connectivity index is 1.40. The number of rotatable bonds is 4. The van der Waals surface area contributed by atoms with Gasteiger partial charge in [-0.25, -0.2) is 9.67 Å². The number of benzene rings is 1. The molecular formula is C22H23N7O2.